The molecule has 34 heavy (non-hydrogen) atoms. The molecular weight excluding hydrogens is 433 g/mol. The molecule has 7 nitrogen and oxygen atoms in total. The molecule has 0 fully saturated rings. The van der Waals surface area contributed by atoms with Crippen LogP contribution in [0, 0.1) is 12.7 Å². The van der Waals surface area contributed by atoms with Crippen LogP contribution in [-0.4, -0.2) is 37.8 Å². The Morgan fingerprint density at radius 1 is 1.09 bits per heavy atom. The SMILES string of the molecule is Cc1noc2nc(-c3ccccc3F)cc(C(=O)N(C)Cc3cnn(Cc4ccccc4)c3)c12. The third kappa shape index (κ3) is 4.17. The van der Waals surface area contributed by atoms with E-state index in [9.17, 15) is 9.18 Å². The van der Waals surface area contributed by atoms with E-state index in [0.717, 1.165) is 11.1 Å². The molecule has 0 atom stereocenters. The van der Waals surface area contributed by atoms with Crippen LogP contribution in [0.25, 0.3) is 22.4 Å². The zero-order valence-electron chi connectivity index (χ0n) is 18.8. The van der Waals surface area contributed by atoms with Crippen LogP contribution in [-0.2, 0) is 13.1 Å². The molecule has 0 spiro atoms. The van der Waals surface area contributed by atoms with E-state index in [0.29, 0.717) is 35.4 Å². The minimum atomic E-state index is -0.428. The highest BCUT2D eigenvalue weighted by Gasteiger charge is 2.23. The first-order valence-electron chi connectivity index (χ1n) is 10.8. The van der Waals surface area contributed by atoms with Crippen LogP contribution in [0.2, 0.25) is 0 Å². The second kappa shape index (κ2) is 8.90. The standard InChI is InChI=1S/C26H22FN5O2/c1-17-24-21(12-23(29-25(24)34-30-17)20-10-6-7-11-22(20)27)26(33)31(2)14-19-13-28-32(16-19)15-18-8-4-3-5-9-18/h3-13,16H,14-15H2,1-2H3. The minimum Gasteiger partial charge on any atom is -0.337 e. The summed E-state index contributed by atoms with van der Waals surface area (Å²) in [6, 6.07) is 17.9. The molecule has 0 radical (unpaired) electrons. The van der Waals surface area contributed by atoms with Crippen molar-refractivity contribution in [1.82, 2.24) is 24.8 Å². The number of nitrogens with zero attached hydrogens (tertiary/aromatic N) is 5. The summed E-state index contributed by atoms with van der Waals surface area (Å²) in [4.78, 5) is 19.5. The van der Waals surface area contributed by atoms with Gasteiger partial charge in [0.2, 0.25) is 0 Å². The number of aryl methyl sites for hydroxylation is 1. The summed E-state index contributed by atoms with van der Waals surface area (Å²) in [5, 5.41) is 8.91. The van der Waals surface area contributed by atoms with Gasteiger partial charge in [0.1, 0.15) is 5.82 Å². The smallest absolute Gasteiger partial charge is 0.259 e. The zero-order chi connectivity index (χ0) is 23.7. The number of hydrogen-bond acceptors (Lipinski definition) is 5. The molecule has 8 heteroatoms. The fourth-order valence-electron chi connectivity index (χ4n) is 3.97. The van der Waals surface area contributed by atoms with Crippen molar-refractivity contribution < 1.29 is 13.7 Å². The third-order valence-corrected chi connectivity index (χ3v) is 5.64. The van der Waals surface area contributed by atoms with Crippen LogP contribution >= 0.6 is 0 Å². The van der Waals surface area contributed by atoms with E-state index in [-0.39, 0.29) is 17.2 Å². The van der Waals surface area contributed by atoms with Gasteiger partial charge in [-0.25, -0.2) is 9.37 Å². The van der Waals surface area contributed by atoms with Crippen molar-refractivity contribution >= 4 is 17.0 Å². The molecule has 0 saturated carbocycles. The Balaban J connectivity index is 1.43. The molecule has 0 unspecified atom stereocenters. The molecule has 0 aliphatic rings. The third-order valence-electron chi connectivity index (χ3n) is 5.64. The maximum atomic E-state index is 14.4. The van der Waals surface area contributed by atoms with Crippen molar-refractivity contribution in [2.45, 2.75) is 20.0 Å². The lowest BCUT2D eigenvalue weighted by Gasteiger charge is -2.17. The molecule has 3 aromatic heterocycles. The first-order valence-corrected chi connectivity index (χ1v) is 10.8. The van der Waals surface area contributed by atoms with Crippen LogP contribution in [0.4, 0.5) is 4.39 Å². The van der Waals surface area contributed by atoms with Crippen LogP contribution in [0.5, 0.6) is 0 Å². The van der Waals surface area contributed by atoms with E-state index in [4.69, 9.17) is 4.52 Å². The Bertz CT molecular complexity index is 1480. The number of aromatic nitrogens is 4. The van der Waals surface area contributed by atoms with Gasteiger partial charge in [-0.05, 0) is 30.7 Å². The molecule has 3 heterocycles. The monoisotopic (exact) mass is 455 g/mol. The Labute approximate surface area is 195 Å². The van der Waals surface area contributed by atoms with E-state index in [1.165, 1.54) is 6.07 Å². The predicted octanol–water partition coefficient (Wildman–Crippen LogP) is 4.85. The molecule has 0 aliphatic heterocycles. The van der Waals surface area contributed by atoms with Gasteiger partial charge < -0.3 is 9.42 Å². The van der Waals surface area contributed by atoms with Crippen molar-refractivity contribution in [3.8, 4) is 11.3 Å². The average Bonchev–Trinajstić information content (AvgIpc) is 3.45. The molecule has 0 saturated heterocycles. The van der Waals surface area contributed by atoms with Gasteiger partial charge in [0.05, 0.1) is 35.1 Å². The first kappa shape index (κ1) is 21.5. The Morgan fingerprint density at radius 3 is 2.65 bits per heavy atom. The maximum Gasteiger partial charge on any atom is 0.259 e. The van der Waals surface area contributed by atoms with Gasteiger partial charge >= 0.3 is 0 Å². The largest absolute Gasteiger partial charge is 0.337 e. The van der Waals surface area contributed by atoms with Crippen LogP contribution < -0.4 is 0 Å². The topological polar surface area (TPSA) is 77.1 Å². The van der Waals surface area contributed by atoms with Gasteiger partial charge in [-0.1, -0.05) is 47.6 Å². The summed E-state index contributed by atoms with van der Waals surface area (Å²) >= 11 is 0. The number of carbonyl (C=O) groups excluding carboxylic acids is 1. The number of amides is 1. The number of halogens is 1. The van der Waals surface area contributed by atoms with E-state index >= 15 is 0 Å². The van der Waals surface area contributed by atoms with Crippen molar-refractivity contribution in [1.29, 1.82) is 0 Å². The van der Waals surface area contributed by atoms with Gasteiger partial charge in [-0.3, -0.25) is 9.48 Å². The Hall–Kier alpha value is -4.33. The first-order chi connectivity index (χ1) is 16.5. The van der Waals surface area contributed by atoms with Crippen molar-refractivity contribution in [2.24, 2.45) is 0 Å². The minimum absolute atomic E-state index is 0.200. The lowest BCUT2D eigenvalue weighted by Crippen LogP contribution is -2.26. The summed E-state index contributed by atoms with van der Waals surface area (Å²) in [6.45, 7) is 2.76. The second-order valence-electron chi connectivity index (χ2n) is 8.18. The van der Waals surface area contributed by atoms with Crippen LogP contribution in [0.3, 0.4) is 0 Å². The fourth-order valence-corrected chi connectivity index (χ4v) is 3.97. The number of fused-ring (bicyclic) bond motifs is 1. The van der Waals surface area contributed by atoms with E-state index in [1.54, 1.807) is 49.3 Å². The van der Waals surface area contributed by atoms with Crippen molar-refractivity contribution in [3.05, 3.63) is 101 Å². The zero-order valence-corrected chi connectivity index (χ0v) is 18.8. The van der Waals surface area contributed by atoms with E-state index in [1.807, 2.05) is 41.2 Å². The van der Waals surface area contributed by atoms with Gasteiger partial charge in [0, 0.05) is 30.9 Å². The normalized spacial score (nSPS) is 11.1. The molecule has 0 aliphatic carbocycles. The molecule has 0 bridgehead atoms. The van der Waals surface area contributed by atoms with Gasteiger partial charge in [-0.15, -0.1) is 0 Å². The quantitative estimate of drug-likeness (QED) is 0.366. The Morgan fingerprint density at radius 2 is 1.85 bits per heavy atom. The predicted molar refractivity (Wildman–Crippen MR) is 126 cm³/mol. The van der Waals surface area contributed by atoms with Crippen LogP contribution in [0.15, 0.2) is 77.6 Å². The van der Waals surface area contributed by atoms with E-state index in [2.05, 4.69) is 15.2 Å². The number of rotatable bonds is 6. The van der Waals surface area contributed by atoms with E-state index < -0.39 is 5.82 Å². The molecule has 5 aromatic rings. The Kier molecular flexibility index (Phi) is 5.63. The maximum absolute atomic E-state index is 14.4. The lowest BCUT2D eigenvalue weighted by atomic mass is 10.0. The van der Waals surface area contributed by atoms with Crippen molar-refractivity contribution in [3.63, 3.8) is 0 Å². The lowest BCUT2D eigenvalue weighted by molar-refractivity contribution is 0.0787. The fraction of sp³-hybridized carbons (Fsp3) is 0.154. The van der Waals surface area contributed by atoms with Gasteiger partial charge in [-0.2, -0.15) is 5.10 Å². The highest BCUT2D eigenvalue weighted by atomic mass is 19.1. The molecule has 170 valence electrons. The summed E-state index contributed by atoms with van der Waals surface area (Å²) in [5.41, 5.74) is 3.76. The number of benzene rings is 2. The number of hydrogen-bond donors (Lipinski definition) is 0. The summed E-state index contributed by atoms with van der Waals surface area (Å²) < 4.78 is 21.6. The van der Waals surface area contributed by atoms with Gasteiger partial charge in [0.15, 0.2) is 0 Å². The highest BCUT2D eigenvalue weighted by Crippen LogP contribution is 2.29. The molecule has 1 amide bonds. The average molecular weight is 455 g/mol. The molecule has 5 rings (SSSR count). The molecular formula is C26H22FN5O2. The summed E-state index contributed by atoms with van der Waals surface area (Å²) in [5.74, 6) is -0.671. The van der Waals surface area contributed by atoms with Crippen molar-refractivity contribution in [2.75, 3.05) is 7.05 Å². The number of carbonyl (C=O) groups is 1. The molecule has 0 N–H and O–H groups in total. The second-order valence-corrected chi connectivity index (χ2v) is 8.18. The summed E-state index contributed by atoms with van der Waals surface area (Å²) in [6.07, 6.45) is 3.68. The summed E-state index contributed by atoms with van der Waals surface area (Å²) in [7, 11) is 1.72. The highest BCUT2D eigenvalue weighted by molar-refractivity contribution is 6.06. The van der Waals surface area contributed by atoms with Gasteiger partial charge in [0.25, 0.3) is 11.6 Å². The molecule has 2 aromatic carbocycles. The van der Waals surface area contributed by atoms with Crippen LogP contribution in [0.1, 0.15) is 27.2 Å². The number of pyridine rings is 1.